The maximum Gasteiger partial charge on any atom is 0.251 e. The van der Waals surface area contributed by atoms with Crippen LogP contribution in [0.4, 0.5) is 0 Å². The van der Waals surface area contributed by atoms with E-state index in [-0.39, 0.29) is 6.73 Å². The molecule has 0 saturated heterocycles. The Balaban J connectivity index is 2.09. The van der Waals surface area contributed by atoms with Gasteiger partial charge in [0.15, 0.2) is 5.03 Å². The Bertz CT molecular complexity index is 391. The lowest BCUT2D eigenvalue weighted by atomic mass is 10.1. The normalized spacial score (nSPS) is 14.7. The Kier molecular flexibility index (Phi) is 2.49. The quantitative estimate of drug-likeness (QED) is 0.548. The number of rotatable bonds is 3. The van der Waals surface area contributed by atoms with Crippen LogP contribution < -0.4 is 0 Å². The molecule has 1 aromatic carbocycles. The topological polar surface area (TPSA) is 68.0 Å². The summed E-state index contributed by atoms with van der Waals surface area (Å²) in [4.78, 5) is 15.2. The summed E-state index contributed by atoms with van der Waals surface area (Å²) in [6.45, 7) is -0.116. The first-order valence-electron chi connectivity index (χ1n) is 4.42. The molecule has 1 aliphatic heterocycles. The van der Waals surface area contributed by atoms with Gasteiger partial charge >= 0.3 is 0 Å². The Morgan fingerprint density at radius 1 is 1.47 bits per heavy atom. The SMILES string of the molecule is O=[N+]([O-])N1CON=C1Cc1ccccc1. The molecule has 0 radical (unpaired) electrons. The van der Waals surface area contributed by atoms with Crippen LogP contribution >= 0.6 is 0 Å². The van der Waals surface area contributed by atoms with Gasteiger partial charge in [-0.15, -0.1) is 0 Å². The summed E-state index contributed by atoms with van der Waals surface area (Å²) < 4.78 is 0. The van der Waals surface area contributed by atoms with Gasteiger partial charge in [-0.1, -0.05) is 35.5 Å². The van der Waals surface area contributed by atoms with Crippen molar-refractivity contribution in [1.82, 2.24) is 5.01 Å². The molecule has 0 bridgehead atoms. The highest BCUT2D eigenvalue weighted by atomic mass is 16.7. The number of hydrazine groups is 1. The zero-order valence-electron chi connectivity index (χ0n) is 7.87. The van der Waals surface area contributed by atoms with Crippen LogP contribution in [-0.2, 0) is 11.3 Å². The number of hydrogen-bond donors (Lipinski definition) is 0. The zero-order chi connectivity index (χ0) is 10.7. The molecular formula is C9H9N3O3. The highest BCUT2D eigenvalue weighted by molar-refractivity contribution is 5.83. The van der Waals surface area contributed by atoms with Crippen LogP contribution in [0.1, 0.15) is 5.56 Å². The van der Waals surface area contributed by atoms with Gasteiger partial charge in [0.1, 0.15) is 0 Å². The number of amidine groups is 1. The third kappa shape index (κ3) is 2.04. The molecule has 6 nitrogen and oxygen atoms in total. The number of nitro groups is 1. The highest BCUT2D eigenvalue weighted by Gasteiger charge is 2.28. The van der Waals surface area contributed by atoms with Crippen LogP contribution in [0.2, 0.25) is 0 Å². The van der Waals surface area contributed by atoms with Crippen LogP contribution in [0.5, 0.6) is 0 Å². The van der Waals surface area contributed by atoms with Gasteiger partial charge in [-0.3, -0.25) is 0 Å². The Morgan fingerprint density at radius 3 is 2.87 bits per heavy atom. The maximum absolute atomic E-state index is 10.6. The first-order chi connectivity index (χ1) is 7.27. The molecule has 0 fully saturated rings. The molecule has 0 aliphatic carbocycles. The van der Waals surface area contributed by atoms with Gasteiger partial charge in [0.25, 0.3) is 6.73 Å². The van der Waals surface area contributed by atoms with Crippen LogP contribution in [0, 0.1) is 10.1 Å². The van der Waals surface area contributed by atoms with E-state index in [2.05, 4.69) is 9.99 Å². The fourth-order valence-corrected chi connectivity index (χ4v) is 1.32. The summed E-state index contributed by atoms with van der Waals surface area (Å²) in [6.07, 6.45) is 0.405. The van der Waals surface area contributed by atoms with Gasteiger partial charge in [-0.2, -0.15) is 0 Å². The fraction of sp³-hybridized carbons (Fsp3) is 0.222. The molecule has 15 heavy (non-hydrogen) atoms. The molecular weight excluding hydrogens is 198 g/mol. The molecule has 1 aliphatic rings. The Hall–Kier alpha value is -2.11. The average Bonchev–Trinajstić information content (AvgIpc) is 2.67. The second-order valence-corrected chi connectivity index (χ2v) is 3.07. The van der Waals surface area contributed by atoms with Crippen molar-refractivity contribution in [3.63, 3.8) is 0 Å². The van der Waals surface area contributed by atoms with Crippen molar-refractivity contribution in [2.75, 3.05) is 6.73 Å². The summed E-state index contributed by atoms with van der Waals surface area (Å²) in [6, 6.07) is 9.42. The van der Waals surface area contributed by atoms with Gasteiger partial charge in [0, 0.05) is 6.42 Å². The molecule has 1 heterocycles. The molecule has 0 N–H and O–H groups in total. The highest BCUT2D eigenvalue weighted by Crippen LogP contribution is 2.09. The van der Waals surface area contributed by atoms with Crippen molar-refractivity contribution < 1.29 is 9.87 Å². The minimum Gasteiger partial charge on any atom is -0.366 e. The van der Waals surface area contributed by atoms with E-state index in [4.69, 9.17) is 0 Å². The van der Waals surface area contributed by atoms with Crippen molar-refractivity contribution in [2.45, 2.75) is 6.42 Å². The number of oxime groups is 1. The smallest absolute Gasteiger partial charge is 0.251 e. The minimum atomic E-state index is -0.519. The van der Waals surface area contributed by atoms with Gasteiger partial charge in [0.2, 0.25) is 5.84 Å². The summed E-state index contributed by atoms with van der Waals surface area (Å²) in [5.41, 5.74) is 0.966. The molecule has 78 valence electrons. The summed E-state index contributed by atoms with van der Waals surface area (Å²) in [5.74, 6) is 0.325. The van der Waals surface area contributed by atoms with E-state index in [0.29, 0.717) is 12.3 Å². The first kappa shape index (κ1) is 9.45. The van der Waals surface area contributed by atoms with Gasteiger partial charge in [-0.05, 0) is 10.6 Å². The maximum atomic E-state index is 10.6. The van der Waals surface area contributed by atoms with Crippen molar-refractivity contribution in [2.24, 2.45) is 5.16 Å². The molecule has 0 aromatic heterocycles. The standard InChI is InChI=1S/C9H9N3O3/c13-12(14)11-7-15-10-9(11)6-8-4-2-1-3-5-8/h1-5H,6-7H2. The Labute approximate surface area is 85.9 Å². The van der Waals surface area contributed by atoms with Gasteiger partial charge < -0.3 is 4.84 Å². The van der Waals surface area contributed by atoms with Crippen LogP contribution in [0.15, 0.2) is 35.5 Å². The molecule has 0 spiro atoms. The summed E-state index contributed by atoms with van der Waals surface area (Å²) in [5, 5.41) is 14.6. The van der Waals surface area contributed by atoms with Crippen molar-refractivity contribution in [1.29, 1.82) is 0 Å². The van der Waals surface area contributed by atoms with Crippen LogP contribution in [0.25, 0.3) is 0 Å². The van der Waals surface area contributed by atoms with E-state index in [1.54, 1.807) is 0 Å². The van der Waals surface area contributed by atoms with E-state index >= 15 is 0 Å². The van der Waals surface area contributed by atoms with Crippen molar-refractivity contribution in [3.8, 4) is 0 Å². The van der Waals surface area contributed by atoms with E-state index in [1.807, 2.05) is 30.3 Å². The van der Waals surface area contributed by atoms with Crippen molar-refractivity contribution in [3.05, 3.63) is 46.0 Å². The van der Waals surface area contributed by atoms with E-state index in [1.165, 1.54) is 0 Å². The number of benzene rings is 1. The first-order valence-corrected chi connectivity index (χ1v) is 4.42. The van der Waals surface area contributed by atoms with E-state index < -0.39 is 5.03 Å². The fourth-order valence-electron chi connectivity index (χ4n) is 1.32. The molecule has 0 unspecified atom stereocenters. The largest absolute Gasteiger partial charge is 0.366 e. The Morgan fingerprint density at radius 2 is 2.20 bits per heavy atom. The van der Waals surface area contributed by atoms with Gasteiger partial charge in [-0.25, -0.2) is 10.1 Å². The number of hydrogen-bond acceptors (Lipinski definition) is 4. The third-order valence-electron chi connectivity index (χ3n) is 2.05. The summed E-state index contributed by atoms with van der Waals surface area (Å²) >= 11 is 0. The second kappa shape index (κ2) is 3.95. The van der Waals surface area contributed by atoms with Crippen molar-refractivity contribution >= 4 is 5.84 Å². The molecule has 2 rings (SSSR count). The lowest BCUT2D eigenvalue weighted by molar-refractivity contribution is -0.633. The van der Waals surface area contributed by atoms with Gasteiger partial charge in [0.05, 0.1) is 0 Å². The lowest BCUT2D eigenvalue weighted by Gasteiger charge is -2.05. The molecule has 1 aromatic rings. The minimum absolute atomic E-state index is 0.116. The molecule has 0 atom stereocenters. The molecule has 0 amide bonds. The zero-order valence-corrected chi connectivity index (χ0v) is 7.87. The third-order valence-corrected chi connectivity index (χ3v) is 2.05. The van der Waals surface area contributed by atoms with Crippen LogP contribution in [-0.4, -0.2) is 22.6 Å². The molecule has 6 heteroatoms. The number of nitrogens with zero attached hydrogens (tertiary/aromatic N) is 3. The predicted molar refractivity (Wildman–Crippen MR) is 52.4 cm³/mol. The monoisotopic (exact) mass is 207 g/mol. The average molecular weight is 207 g/mol. The van der Waals surface area contributed by atoms with E-state index in [9.17, 15) is 10.1 Å². The van der Waals surface area contributed by atoms with Crippen LogP contribution in [0.3, 0.4) is 0 Å². The second-order valence-electron chi connectivity index (χ2n) is 3.07. The lowest BCUT2D eigenvalue weighted by Crippen LogP contribution is -2.34. The summed E-state index contributed by atoms with van der Waals surface area (Å²) in [7, 11) is 0. The predicted octanol–water partition coefficient (Wildman–Crippen LogP) is 1.02. The molecule has 0 saturated carbocycles. The van der Waals surface area contributed by atoms with E-state index in [0.717, 1.165) is 10.6 Å².